The molecule has 2 unspecified atom stereocenters. The lowest BCUT2D eigenvalue weighted by atomic mass is 10.0. The van der Waals surface area contributed by atoms with Crippen LogP contribution in [0.1, 0.15) is 31.2 Å². The number of sulfonamides is 1. The molecule has 8 heteroatoms. The Balaban J connectivity index is 1.81. The first-order valence-corrected chi connectivity index (χ1v) is 8.87. The first-order chi connectivity index (χ1) is 10.3. The summed E-state index contributed by atoms with van der Waals surface area (Å²) in [6, 6.07) is 4.66. The highest BCUT2D eigenvalue weighted by atomic mass is 32.2. The van der Waals surface area contributed by atoms with E-state index in [1.165, 1.54) is 12.1 Å². The lowest BCUT2D eigenvalue weighted by Crippen LogP contribution is -2.47. The molecule has 0 spiro atoms. The number of hydrogen-bond donors (Lipinski definition) is 2. The molecular formula is C14H19N3O4S. The van der Waals surface area contributed by atoms with E-state index in [0.29, 0.717) is 17.6 Å². The highest BCUT2D eigenvalue weighted by Crippen LogP contribution is 2.28. The third-order valence-electron chi connectivity index (χ3n) is 4.48. The number of hydrogen-bond acceptors (Lipinski definition) is 5. The van der Waals surface area contributed by atoms with Crippen LogP contribution in [0.4, 0.5) is 5.69 Å². The van der Waals surface area contributed by atoms with Gasteiger partial charge < -0.3 is 5.32 Å². The van der Waals surface area contributed by atoms with Crippen LogP contribution in [0.2, 0.25) is 0 Å². The van der Waals surface area contributed by atoms with Crippen LogP contribution in [0, 0.1) is 17.0 Å². The van der Waals surface area contributed by atoms with Crippen LogP contribution in [-0.2, 0) is 10.0 Å². The Morgan fingerprint density at radius 3 is 2.50 bits per heavy atom. The first-order valence-electron chi connectivity index (χ1n) is 7.38. The Labute approximate surface area is 129 Å². The van der Waals surface area contributed by atoms with Gasteiger partial charge in [0.1, 0.15) is 0 Å². The molecule has 2 fully saturated rings. The summed E-state index contributed by atoms with van der Waals surface area (Å²) in [5.41, 5.74) is 0.275. The summed E-state index contributed by atoms with van der Waals surface area (Å²) in [6.45, 7) is 1.59. The van der Waals surface area contributed by atoms with Crippen LogP contribution < -0.4 is 10.0 Å². The van der Waals surface area contributed by atoms with E-state index in [0.717, 1.165) is 31.7 Å². The number of nitro groups is 1. The number of rotatable bonds is 4. The van der Waals surface area contributed by atoms with Crippen molar-refractivity contribution in [2.75, 3.05) is 0 Å². The molecule has 2 saturated heterocycles. The minimum atomic E-state index is -3.73. The van der Waals surface area contributed by atoms with Crippen LogP contribution in [0.3, 0.4) is 0 Å². The van der Waals surface area contributed by atoms with Gasteiger partial charge >= 0.3 is 0 Å². The van der Waals surface area contributed by atoms with Gasteiger partial charge in [-0.15, -0.1) is 0 Å². The van der Waals surface area contributed by atoms with Crippen LogP contribution in [-0.4, -0.2) is 31.5 Å². The van der Waals surface area contributed by atoms with Crippen molar-refractivity contribution in [3.63, 3.8) is 0 Å². The van der Waals surface area contributed by atoms with Crippen molar-refractivity contribution in [3.8, 4) is 0 Å². The Morgan fingerprint density at radius 1 is 1.27 bits per heavy atom. The molecule has 0 saturated carbocycles. The van der Waals surface area contributed by atoms with Crippen molar-refractivity contribution in [3.05, 3.63) is 33.9 Å². The van der Waals surface area contributed by atoms with E-state index in [-0.39, 0.29) is 16.6 Å². The molecule has 2 atom stereocenters. The van der Waals surface area contributed by atoms with Gasteiger partial charge in [-0.2, -0.15) is 0 Å². The van der Waals surface area contributed by atoms with Gasteiger partial charge in [-0.1, -0.05) is 6.07 Å². The van der Waals surface area contributed by atoms with E-state index < -0.39 is 14.9 Å². The predicted molar refractivity (Wildman–Crippen MR) is 81.1 cm³/mol. The maximum atomic E-state index is 12.5. The van der Waals surface area contributed by atoms with Gasteiger partial charge in [0.05, 0.1) is 9.82 Å². The highest BCUT2D eigenvalue weighted by Gasteiger charge is 2.35. The number of nitro benzene ring substituents is 1. The number of nitrogens with one attached hydrogen (secondary N) is 2. The van der Waals surface area contributed by atoms with Gasteiger partial charge in [0.15, 0.2) is 0 Å². The zero-order chi connectivity index (χ0) is 15.9. The lowest BCUT2D eigenvalue weighted by molar-refractivity contribution is -0.385. The Kier molecular flexibility index (Phi) is 3.92. The smallest absolute Gasteiger partial charge is 0.273 e. The average Bonchev–Trinajstić information content (AvgIpc) is 2.77. The lowest BCUT2D eigenvalue weighted by Gasteiger charge is -2.29. The molecule has 2 heterocycles. The third kappa shape index (κ3) is 2.99. The number of nitrogens with zero attached hydrogens (tertiary/aromatic N) is 1. The zero-order valence-corrected chi connectivity index (χ0v) is 13.1. The van der Waals surface area contributed by atoms with Crippen molar-refractivity contribution in [2.24, 2.45) is 0 Å². The number of fused-ring (bicyclic) bond motifs is 2. The molecule has 0 aliphatic carbocycles. The fourth-order valence-electron chi connectivity index (χ4n) is 3.39. The van der Waals surface area contributed by atoms with Crippen molar-refractivity contribution in [1.29, 1.82) is 0 Å². The summed E-state index contributed by atoms with van der Waals surface area (Å²) >= 11 is 0. The molecular weight excluding hydrogens is 306 g/mol. The molecule has 7 nitrogen and oxygen atoms in total. The second-order valence-electron chi connectivity index (χ2n) is 6.13. The highest BCUT2D eigenvalue weighted by molar-refractivity contribution is 7.89. The maximum Gasteiger partial charge on any atom is 0.273 e. The van der Waals surface area contributed by atoms with Gasteiger partial charge in [-0.3, -0.25) is 10.1 Å². The van der Waals surface area contributed by atoms with E-state index in [1.807, 2.05) is 0 Å². The van der Waals surface area contributed by atoms with Gasteiger partial charge in [-0.05, 0) is 38.7 Å². The predicted octanol–water partition coefficient (Wildman–Crippen LogP) is 1.46. The monoisotopic (exact) mass is 325 g/mol. The Morgan fingerprint density at radius 2 is 1.91 bits per heavy atom. The molecule has 3 rings (SSSR count). The number of benzene rings is 1. The van der Waals surface area contributed by atoms with Crippen LogP contribution in [0.5, 0.6) is 0 Å². The van der Waals surface area contributed by atoms with E-state index in [1.54, 1.807) is 6.92 Å². The zero-order valence-electron chi connectivity index (χ0n) is 12.3. The molecule has 2 aliphatic heterocycles. The second-order valence-corrected chi connectivity index (χ2v) is 7.85. The maximum absolute atomic E-state index is 12.5. The first kappa shape index (κ1) is 15.4. The summed E-state index contributed by atoms with van der Waals surface area (Å²) in [6.07, 6.45) is 3.70. The minimum Gasteiger partial charge on any atom is -0.311 e. The average molecular weight is 325 g/mol. The molecule has 2 bridgehead atoms. The molecule has 1 aromatic carbocycles. The Bertz CT molecular complexity index is 692. The largest absolute Gasteiger partial charge is 0.311 e. The quantitative estimate of drug-likeness (QED) is 0.645. The topological polar surface area (TPSA) is 101 Å². The fourth-order valence-corrected chi connectivity index (χ4v) is 4.68. The normalized spacial score (nSPS) is 27.8. The number of piperidine rings is 1. The summed E-state index contributed by atoms with van der Waals surface area (Å²) < 4.78 is 27.6. The molecule has 1 aromatic rings. The molecule has 22 heavy (non-hydrogen) atoms. The standard InChI is InChI=1S/C14H19N3O4S/c1-9-2-5-13(8-14(9)17(18)19)22(20,21)16-12-6-10-3-4-11(7-12)15-10/h2,5,8,10-12,15-16H,3-4,6-7H2,1H3. The van der Waals surface area contributed by atoms with E-state index >= 15 is 0 Å². The SMILES string of the molecule is Cc1ccc(S(=O)(=O)NC2CC3CCC(C2)N3)cc1[N+](=O)[O-]. The minimum absolute atomic E-state index is 0.0457. The van der Waals surface area contributed by atoms with Gasteiger partial charge in [0.2, 0.25) is 10.0 Å². The second kappa shape index (κ2) is 5.60. The molecule has 2 aliphatic rings. The van der Waals surface area contributed by atoms with Crippen LogP contribution >= 0.6 is 0 Å². The van der Waals surface area contributed by atoms with Gasteiger partial charge in [0.25, 0.3) is 5.69 Å². The summed E-state index contributed by atoms with van der Waals surface area (Å²) in [7, 11) is -3.73. The summed E-state index contributed by atoms with van der Waals surface area (Å²) in [5, 5.41) is 14.4. The fraction of sp³-hybridized carbons (Fsp3) is 0.571. The van der Waals surface area contributed by atoms with Gasteiger partial charge in [0, 0.05) is 29.8 Å². The van der Waals surface area contributed by atoms with Crippen molar-refractivity contribution in [2.45, 2.75) is 55.6 Å². The van der Waals surface area contributed by atoms with Crippen LogP contribution in [0.15, 0.2) is 23.1 Å². The molecule has 0 aromatic heterocycles. The van der Waals surface area contributed by atoms with Crippen molar-refractivity contribution in [1.82, 2.24) is 10.0 Å². The van der Waals surface area contributed by atoms with Crippen molar-refractivity contribution >= 4 is 15.7 Å². The summed E-state index contributed by atoms with van der Waals surface area (Å²) in [4.78, 5) is 10.4. The molecule has 2 N–H and O–H groups in total. The summed E-state index contributed by atoms with van der Waals surface area (Å²) in [5.74, 6) is 0. The van der Waals surface area contributed by atoms with E-state index in [2.05, 4.69) is 10.0 Å². The van der Waals surface area contributed by atoms with E-state index in [4.69, 9.17) is 0 Å². The number of aryl methyl sites for hydroxylation is 1. The molecule has 0 amide bonds. The van der Waals surface area contributed by atoms with Crippen LogP contribution in [0.25, 0.3) is 0 Å². The molecule has 0 radical (unpaired) electrons. The van der Waals surface area contributed by atoms with E-state index in [9.17, 15) is 18.5 Å². The Hall–Kier alpha value is -1.51. The third-order valence-corrected chi connectivity index (χ3v) is 6.00. The van der Waals surface area contributed by atoms with Gasteiger partial charge in [-0.25, -0.2) is 13.1 Å². The molecule has 120 valence electrons. The van der Waals surface area contributed by atoms with Crippen molar-refractivity contribution < 1.29 is 13.3 Å².